The molecule has 0 saturated carbocycles. The van der Waals surface area contributed by atoms with Gasteiger partial charge in [-0.2, -0.15) is 0 Å². The lowest BCUT2D eigenvalue weighted by molar-refractivity contribution is -0.118. The molecule has 14 heteroatoms. The van der Waals surface area contributed by atoms with Crippen LogP contribution in [0.5, 0.6) is 11.5 Å². The highest BCUT2D eigenvalue weighted by molar-refractivity contribution is 14.1. The van der Waals surface area contributed by atoms with Crippen LogP contribution in [0.4, 0.5) is 0 Å². The normalized spacial score (nSPS) is 17.5. The number of ether oxygens (including phenoxy) is 2. The molecule has 11 nitrogen and oxygen atoms in total. The summed E-state index contributed by atoms with van der Waals surface area (Å²) in [7, 11) is 1.43. The van der Waals surface area contributed by atoms with Gasteiger partial charge in [-0.25, -0.2) is 4.79 Å². The molecule has 1 aliphatic rings. The number of benzene rings is 3. The lowest BCUT2D eigenvalue weighted by atomic mass is 9.87. The Balaban J connectivity index is 1.62. The predicted octanol–water partition coefficient (Wildman–Crippen LogP) is 4.46. The molecule has 0 bridgehead atoms. The minimum atomic E-state index is -1.44. The highest BCUT2D eigenvalue weighted by Gasteiger charge is 2.42. The fourth-order valence-electron chi connectivity index (χ4n) is 5.43. The van der Waals surface area contributed by atoms with E-state index >= 15 is 0 Å². The SMILES string of the molecule is COc1cc(CO)cc(I)c1O[C@H]1C=C(C(=O)NCCO)C[C@@H](N(Cc2ccc(Cl)cc2Cl)C(=O)c2cc3ccccc3oc2=O)[C@@H]1O. The Morgan fingerprint density at radius 1 is 1.10 bits per heavy atom. The summed E-state index contributed by atoms with van der Waals surface area (Å²) in [5.41, 5.74) is 0.301. The number of para-hydroxylation sites is 1. The molecular weight excluding hydrogens is 778 g/mol. The van der Waals surface area contributed by atoms with Crippen LogP contribution < -0.4 is 20.4 Å². The number of carbonyl (C=O) groups excluding carboxylic acids is 2. The van der Waals surface area contributed by atoms with E-state index in [-0.39, 0.29) is 60.4 Å². The van der Waals surface area contributed by atoms with Gasteiger partial charge >= 0.3 is 5.63 Å². The van der Waals surface area contributed by atoms with Gasteiger partial charge in [-0.1, -0.05) is 47.5 Å². The molecule has 0 aliphatic heterocycles. The highest BCUT2D eigenvalue weighted by Crippen LogP contribution is 2.38. The van der Waals surface area contributed by atoms with E-state index in [0.717, 1.165) is 0 Å². The van der Waals surface area contributed by atoms with E-state index in [2.05, 4.69) is 5.32 Å². The van der Waals surface area contributed by atoms with Gasteiger partial charge in [0.15, 0.2) is 11.5 Å². The van der Waals surface area contributed by atoms with E-state index in [9.17, 15) is 29.7 Å². The Kier molecular flexibility index (Phi) is 11.7. The number of nitrogens with zero attached hydrogens (tertiary/aromatic N) is 1. The summed E-state index contributed by atoms with van der Waals surface area (Å²) >= 11 is 14.7. The molecule has 0 unspecified atom stereocenters. The van der Waals surface area contributed by atoms with Crippen molar-refractivity contribution < 1.29 is 38.8 Å². The molecule has 0 radical (unpaired) electrons. The van der Waals surface area contributed by atoms with E-state index in [0.29, 0.717) is 30.7 Å². The van der Waals surface area contributed by atoms with Gasteiger partial charge in [0.25, 0.3) is 5.91 Å². The highest BCUT2D eigenvalue weighted by atomic mass is 127. The maximum Gasteiger partial charge on any atom is 0.349 e. The molecule has 0 saturated heterocycles. The number of aliphatic hydroxyl groups is 3. The third-order valence-corrected chi connectivity index (χ3v) is 9.22. The number of methoxy groups -OCH3 is 1. The van der Waals surface area contributed by atoms with Crippen molar-refractivity contribution in [3.63, 3.8) is 0 Å². The predicted molar refractivity (Wildman–Crippen MR) is 187 cm³/mol. The first-order valence-electron chi connectivity index (χ1n) is 14.7. The minimum absolute atomic E-state index is 0.0373. The molecule has 3 atom stereocenters. The lowest BCUT2D eigenvalue weighted by Gasteiger charge is -2.40. The van der Waals surface area contributed by atoms with Crippen LogP contribution in [-0.2, 0) is 17.9 Å². The average molecular weight is 809 g/mol. The van der Waals surface area contributed by atoms with Crippen LogP contribution in [0.1, 0.15) is 27.9 Å². The monoisotopic (exact) mass is 808 g/mol. The second-order valence-corrected chi connectivity index (χ2v) is 12.9. The molecule has 252 valence electrons. The first-order valence-corrected chi connectivity index (χ1v) is 16.6. The quantitative estimate of drug-likeness (QED) is 0.127. The molecule has 1 aliphatic carbocycles. The van der Waals surface area contributed by atoms with E-state index < -0.39 is 35.7 Å². The van der Waals surface area contributed by atoms with E-state index in [1.165, 1.54) is 30.2 Å². The Morgan fingerprint density at radius 2 is 1.88 bits per heavy atom. The Bertz CT molecular complexity index is 1930. The van der Waals surface area contributed by atoms with Crippen LogP contribution >= 0.6 is 45.8 Å². The molecule has 4 aromatic rings. The Hall–Kier alpha value is -3.66. The maximum absolute atomic E-state index is 14.4. The molecule has 1 heterocycles. The van der Waals surface area contributed by atoms with Crippen molar-refractivity contribution in [2.24, 2.45) is 0 Å². The van der Waals surface area contributed by atoms with Crippen LogP contribution in [0.15, 0.2) is 81.5 Å². The summed E-state index contributed by atoms with van der Waals surface area (Å²) in [5.74, 6) is -0.816. The Labute approximate surface area is 298 Å². The molecule has 0 fully saturated rings. The van der Waals surface area contributed by atoms with Gasteiger partial charge in [-0.15, -0.1) is 0 Å². The summed E-state index contributed by atoms with van der Waals surface area (Å²) in [6, 6.07) is 15.0. The van der Waals surface area contributed by atoms with Crippen molar-refractivity contribution in [3.8, 4) is 11.5 Å². The molecule has 1 aromatic heterocycles. The van der Waals surface area contributed by atoms with Crippen LogP contribution in [0, 0.1) is 3.57 Å². The fraction of sp³-hybridized carbons (Fsp3) is 0.265. The second-order valence-electron chi connectivity index (χ2n) is 10.9. The molecule has 4 N–H and O–H groups in total. The number of amides is 2. The van der Waals surface area contributed by atoms with E-state index in [4.69, 9.17) is 37.1 Å². The number of halogens is 3. The van der Waals surface area contributed by atoms with Crippen molar-refractivity contribution in [1.29, 1.82) is 0 Å². The van der Waals surface area contributed by atoms with Gasteiger partial charge in [-0.05, 0) is 76.2 Å². The van der Waals surface area contributed by atoms with Crippen molar-refractivity contribution in [2.45, 2.75) is 37.8 Å². The number of carbonyl (C=O) groups is 2. The molecule has 5 rings (SSSR count). The van der Waals surface area contributed by atoms with Crippen molar-refractivity contribution in [2.75, 3.05) is 20.3 Å². The number of aliphatic hydroxyl groups excluding tert-OH is 3. The van der Waals surface area contributed by atoms with E-state index in [1.54, 1.807) is 48.5 Å². The van der Waals surface area contributed by atoms with Crippen molar-refractivity contribution >= 4 is 68.6 Å². The van der Waals surface area contributed by atoms with Crippen LogP contribution in [0.25, 0.3) is 11.0 Å². The number of nitrogens with one attached hydrogen (secondary N) is 1. The van der Waals surface area contributed by atoms with Gasteiger partial charge in [-0.3, -0.25) is 9.59 Å². The topological polar surface area (TPSA) is 159 Å². The fourth-order valence-corrected chi connectivity index (χ4v) is 6.69. The van der Waals surface area contributed by atoms with Gasteiger partial charge in [0.05, 0.1) is 29.9 Å². The van der Waals surface area contributed by atoms with Gasteiger partial charge < -0.3 is 39.4 Å². The standard InChI is InChI=1S/C34H31Cl2IN2O9/c1-46-29-11-18(17-41)10-25(37)31(29)47-28-14-21(32(43)38-8-9-40)13-26(30(28)42)39(16-20-6-7-22(35)15-24(20)36)33(44)23-12-19-4-2-3-5-27(19)48-34(23)45/h2-7,10-12,14-15,26,28,30,40-42H,8-9,13,16-17H2,1H3,(H,38,43)/t26-,28+,30+/m1/s1. The molecule has 48 heavy (non-hydrogen) atoms. The van der Waals surface area contributed by atoms with Crippen molar-refractivity contribution in [3.05, 3.63) is 113 Å². The Morgan fingerprint density at radius 3 is 2.58 bits per heavy atom. The number of rotatable bonds is 11. The summed E-state index contributed by atoms with van der Waals surface area (Å²) in [6.45, 7) is -0.782. The maximum atomic E-state index is 14.4. The van der Waals surface area contributed by atoms with Gasteiger partial charge in [0.1, 0.15) is 23.4 Å². The first-order chi connectivity index (χ1) is 23.0. The van der Waals surface area contributed by atoms with Gasteiger partial charge in [0.2, 0.25) is 5.91 Å². The zero-order chi connectivity index (χ0) is 34.5. The smallest absolute Gasteiger partial charge is 0.349 e. The average Bonchev–Trinajstić information content (AvgIpc) is 3.07. The minimum Gasteiger partial charge on any atom is -0.493 e. The zero-order valence-electron chi connectivity index (χ0n) is 25.5. The largest absolute Gasteiger partial charge is 0.493 e. The van der Waals surface area contributed by atoms with Crippen LogP contribution in [-0.4, -0.2) is 70.5 Å². The lowest BCUT2D eigenvalue weighted by Crippen LogP contribution is -2.55. The first kappa shape index (κ1) is 35.6. The van der Waals surface area contributed by atoms with E-state index in [1.807, 2.05) is 22.6 Å². The third kappa shape index (κ3) is 7.80. The summed E-state index contributed by atoms with van der Waals surface area (Å²) in [4.78, 5) is 42.2. The molecular formula is C34H31Cl2IN2O9. The summed E-state index contributed by atoms with van der Waals surface area (Å²) in [5, 5.41) is 34.7. The summed E-state index contributed by atoms with van der Waals surface area (Å²) < 4.78 is 17.8. The number of fused-ring (bicyclic) bond motifs is 1. The molecule has 2 amide bonds. The number of hydrogen-bond acceptors (Lipinski definition) is 9. The molecule has 3 aromatic carbocycles. The molecule has 0 spiro atoms. The van der Waals surface area contributed by atoms with Crippen LogP contribution in [0.3, 0.4) is 0 Å². The zero-order valence-corrected chi connectivity index (χ0v) is 29.2. The third-order valence-electron chi connectivity index (χ3n) is 7.83. The summed E-state index contributed by atoms with van der Waals surface area (Å²) in [6.07, 6.45) is -1.35. The van der Waals surface area contributed by atoms with Gasteiger partial charge in [0, 0.05) is 40.5 Å². The number of hydrogen-bond donors (Lipinski definition) is 4. The second kappa shape index (κ2) is 15.7. The van der Waals surface area contributed by atoms with Crippen LogP contribution in [0.2, 0.25) is 10.0 Å². The van der Waals surface area contributed by atoms with Crippen molar-refractivity contribution in [1.82, 2.24) is 10.2 Å².